The summed E-state index contributed by atoms with van der Waals surface area (Å²) in [5.41, 5.74) is 1.95. The van der Waals surface area contributed by atoms with Crippen molar-refractivity contribution >= 4 is 27.5 Å². The highest BCUT2D eigenvalue weighted by molar-refractivity contribution is 9.10. The molecule has 23 heavy (non-hydrogen) atoms. The second kappa shape index (κ2) is 8.13. The maximum Gasteiger partial charge on any atom is 0.282 e. The maximum atomic E-state index is 12.4. The summed E-state index contributed by atoms with van der Waals surface area (Å²) < 4.78 is 6.23. The average Bonchev–Trinajstić information content (AvgIpc) is 2.56. The van der Waals surface area contributed by atoms with Gasteiger partial charge >= 0.3 is 0 Å². The average molecular weight is 378 g/mol. The Balaban J connectivity index is 1.96. The Morgan fingerprint density at radius 1 is 1.26 bits per heavy atom. The van der Waals surface area contributed by atoms with E-state index < -0.39 is 0 Å². The number of likely N-dealkylation sites (N-methyl/N-ethyl adjacent to an activating group) is 1. The fourth-order valence-electron chi connectivity index (χ4n) is 2.25. The quantitative estimate of drug-likeness (QED) is 0.811. The monoisotopic (exact) mass is 377 g/mol. The molecule has 5 heteroatoms. The maximum absolute atomic E-state index is 12.4. The number of ether oxygens (including phenoxy) is 1. The first kappa shape index (κ1) is 17.5. The zero-order chi connectivity index (χ0) is 16.8. The lowest BCUT2D eigenvalue weighted by molar-refractivity contribution is -0.907. The Kier molecular flexibility index (Phi) is 6.19. The summed E-state index contributed by atoms with van der Waals surface area (Å²) in [4.78, 5) is 13.5. The molecule has 0 saturated carbocycles. The van der Waals surface area contributed by atoms with Crippen molar-refractivity contribution in [3.63, 3.8) is 0 Å². The molecular formula is C18H22BrN2O2+. The summed E-state index contributed by atoms with van der Waals surface area (Å²) in [6, 6.07) is 15.4. The van der Waals surface area contributed by atoms with E-state index in [2.05, 4.69) is 33.4 Å². The molecule has 2 rings (SSSR count). The third kappa shape index (κ3) is 5.08. The number of carbonyl (C=O) groups is 1. The first-order chi connectivity index (χ1) is 11.0. The molecule has 2 aromatic rings. The van der Waals surface area contributed by atoms with Gasteiger partial charge in [0.15, 0.2) is 6.04 Å². The zero-order valence-electron chi connectivity index (χ0n) is 13.6. The summed E-state index contributed by atoms with van der Waals surface area (Å²) in [6.07, 6.45) is 0. The Bertz CT molecular complexity index is 658. The van der Waals surface area contributed by atoms with Gasteiger partial charge in [-0.1, -0.05) is 34.1 Å². The van der Waals surface area contributed by atoms with Gasteiger partial charge in [-0.05, 0) is 31.2 Å². The molecule has 1 unspecified atom stereocenters. The van der Waals surface area contributed by atoms with E-state index in [0.717, 1.165) is 27.4 Å². The predicted octanol–water partition coefficient (Wildman–Crippen LogP) is 2.50. The van der Waals surface area contributed by atoms with Crippen LogP contribution in [0.25, 0.3) is 0 Å². The number of hydrogen-bond donors (Lipinski definition) is 2. The van der Waals surface area contributed by atoms with Crippen LogP contribution >= 0.6 is 15.9 Å². The minimum atomic E-state index is -0.162. The van der Waals surface area contributed by atoms with Crippen LogP contribution in [-0.2, 0) is 11.3 Å². The number of amides is 1. The van der Waals surface area contributed by atoms with Crippen molar-refractivity contribution in [3.05, 3.63) is 58.6 Å². The highest BCUT2D eigenvalue weighted by atomic mass is 79.9. The Morgan fingerprint density at radius 2 is 1.96 bits per heavy atom. The van der Waals surface area contributed by atoms with E-state index in [0.29, 0.717) is 0 Å². The largest absolute Gasteiger partial charge is 0.497 e. The van der Waals surface area contributed by atoms with Crippen LogP contribution in [0.5, 0.6) is 5.75 Å². The van der Waals surface area contributed by atoms with Crippen LogP contribution in [0.15, 0.2) is 53.0 Å². The van der Waals surface area contributed by atoms with E-state index in [1.54, 1.807) is 7.11 Å². The van der Waals surface area contributed by atoms with Crippen molar-refractivity contribution in [2.75, 3.05) is 19.5 Å². The predicted molar refractivity (Wildman–Crippen MR) is 95.8 cm³/mol. The van der Waals surface area contributed by atoms with Crippen LogP contribution in [0.3, 0.4) is 0 Å². The smallest absolute Gasteiger partial charge is 0.282 e. The standard InChI is InChI=1S/C18H21BrN2O2/c1-13(21(2)12-14-7-9-15(19)10-8-14)18(22)20-16-5-4-6-17(11-16)23-3/h4-11,13H,12H2,1-3H3,(H,20,22)/p+1/t13-/m0/s1. The van der Waals surface area contributed by atoms with Crippen LogP contribution in [0, 0.1) is 0 Å². The minimum absolute atomic E-state index is 0.00661. The normalized spacial score (nSPS) is 13.2. The fourth-order valence-corrected chi connectivity index (χ4v) is 2.52. The van der Waals surface area contributed by atoms with Gasteiger partial charge < -0.3 is 15.0 Å². The van der Waals surface area contributed by atoms with Crippen molar-refractivity contribution in [1.82, 2.24) is 0 Å². The van der Waals surface area contributed by atoms with E-state index in [9.17, 15) is 4.79 Å². The second-order valence-corrected chi connectivity index (χ2v) is 6.51. The van der Waals surface area contributed by atoms with Crippen LogP contribution in [0.1, 0.15) is 12.5 Å². The zero-order valence-corrected chi connectivity index (χ0v) is 15.2. The molecule has 4 nitrogen and oxygen atoms in total. The molecular weight excluding hydrogens is 356 g/mol. The molecule has 0 aliphatic rings. The number of benzene rings is 2. The molecule has 0 saturated heterocycles. The third-order valence-corrected chi connectivity index (χ3v) is 4.39. The topological polar surface area (TPSA) is 42.8 Å². The highest BCUT2D eigenvalue weighted by Crippen LogP contribution is 2.16. The van der Waals surface area contributed by atoms with Crippen LogP contribution < -0.4 is 15.0 Å². The van der Waals surface area contributed by atoms with Gasteiger partial charge in [0.2, 0.25) is 0 Å². The first-order valence-corrected chi connectivity index (χ1v) is 8.30. The number of anilines is 1. The number of rotatable bonds is 6. The van der Waals surface area contributed by atoms with Crippen LogP contribution in [0.2, 0.25) is 0 Å². The molecule has 2 aromatic carbocycles. The van der Waals surface area contributed by atoms with Gasteiger partial charge in [0.25, 0.3) is 5.91 Å². The van der Waals surface area contributed by atoms with Gasteiger partial charge in [0.05, 0.1) is 14.2 Å². The summed E-state index contributed by atoms with van der Waals surface area (Å²) in [7, 11) is 3.64. The van der Waals surface area contributed by atoms with E-state index in [-0.39, 0.29) is 11.9 Å². The van der Waals surface area contributed by atoms with Crippen molar-refractivity contribution in [2.24, 2.45) is 0 Å². The molecule has 0 bridgehead atoms. The molecule has 0 heterocycles. The van der Waals surface area contributed by atoms with E-state index in [1.165, 1.54) is 5.56 Å². The van der Waals surface area contributed by atoms with E-state index in [1.807, 2.05) is 50.4 Å². The van der Waals surface area contributed by atoms with Crippen LogP contribution in [0.4, 0.5) is 5.69 Å². The molecule has 0 fully saturated rings. The third-order valence-electron chi connectivity index (χ3n) is 3.87. The molecule has 0 aliphatic heterocycles. The molecule has 122 valence electrons. The molecule has 2 N–H and O–H groups in total. The number of nitrogens with one attached hydrogen (secondary N) is 2. The lowest BCUT2D eigenvalue weighted by atomic mass is 10.2. The Labute approximate surface area is 145 Å². The minimum Gasteiger partial charge on any atom is -0.497 e. The van der Waals surface area contributed by atoms with Crippen molar-refractivity contribution < 1.29 is 14.4 Å². The number of hydrogen-bond acceptors (Lipinski definition) is 2. The molecule has 0 aliphatic carbocycles. The summed E-state index contributed by atoms with van der Waals surface area (Å²) in [5, 5.41) is 2.94. The first-order valence-electron chi connectivity index (χ1n) is 7.51. The van der Waals surface area contributed by atoms with Gasteiger partial charge in [0, 0.05) is 21.8 Å². The number of methoxy groups -OCH3 is 1. The van der Waals surface area contributed by atoms with Crippen molar-refractivity contribution in [3.8, 4) is 5.75 Å². The SMILES string of the molecule is COc1cccc(NC(=O)[C@H](C)[NH+](C)Cc2ccc(Br)cc2)c1. The molecule has 2 atom stereocenters. The molecule has 0 radical (unpaired) electrons. The fraction of sp³-hybridized carbons (Fsp3) is 0.278. The Morgan fingerprint density at radius 3 is 2.61 bits per heavy atom. The van der Waals surface area contributed by atoms with Gasteiger partial charge in [-0.3, -0.25) is 4.79 Å². The van der Waals surface area contributed by atoms with Crippen molar-refractivity contribution in [2.45, 2.75) is 19.5 Å². The molecule has 0 aromatic heterocycles. The summed E-state index contributed by atoms with van der Waals surface area (Å²) in [5.74, 6) is 0.721. The number of carbonyl (C=O) groups excluding carboxylic acids is 1. The number of quaternary nitrogens is 1. The van der Waals surface area contributed by atoms with Gasteiger partial charge in [-0.15, -0.1) is 0 Å². The van der Waals surface area contributed by atoms with Gasteiger partial charge in [0.1, 0.15) is 12.3 Å². The molecule has 1 amide bonds. The molecule has 0 spiro atoms. The van der Waals surface area contributed by atoms with Crippen molar-refractivity contribution in [1.29, 1.82) is 0 Å². The second-order valence-electron chi connectivity index (χ2n) is 5.59. The highest BCUT2D eigenvalue weighted by Gasteiger charge is 2.22. The van der Waals surface area contributed by atoms with Gasteiger partial charge in [-0.2, -0.15) is 0 Å². The summed E-state index contributed by atoms with van der Waals surface area (Å²) in [6.45, 7) is 2.73. The van der Waals surface area contributed by atoms with E-state index >= 15 is 0 Å². The lowest BCUT2D eigenvalue weighted by Crippen LogP contribution is -3.12. The van der Waals surface area contributed by atoms with Gasteiger partial charge in [-0.25, -0.2) is 0 Å². The Hall–Kier alpha value is -1.85. The summed E-state index contributed by atoms with van der Waals surface area (Å²) >= 11 is 3.43. The number of halogens is 1. The lowest BCUT2D eigenvalue weighted by Gasteiger charge is -2.21. The van der Waals surface area contributed by atoms with Crippen LogP contribution in [-0.4, -0.2) is 26.1 Å². The van der Waals surface area contributed by atoms with E-state index in [4.69, 9.17) is 4.74 Å².